The first-order valence-corrected chi connectivity index (χ1v) is 4.91. The van der Waals surface area contributed by atoms with Crippen LogP contribution >= 0.6 is 0 Å². The molecular formula is C11H19F. The first-order valence-electron chi connectivity index (χ1n) is 4.91. The topological polar surface area (TPSA) is 0 Å². The molecule has 0 aliphatic rings. The highest BCUT2D eigenvalue weighted by atomic mass is 19.1. The van der Waals surface area contributed by atoms with Crippen LogP contribution in [0.15, 0.2) is 0 Å². The van der Waals surface area contributed by atoms with Crippen molar-refractivity contribution in [3.8, 4) is 12.3 Å². The van der Waals surface area contributed by atoms with Crippen LogP contribution < -0.4 is 0 Å². The predicted octanol–water partition coefficient (Wildman–Crippen LogP) is 3.71. The van der Waals surface area contributed by atoms with Crippen molar-refractivity contribution < 1.29 is 4.39 Å². The lowest BCUT2D eigenvalue weighted by atomic mass is 10.1. The van der Waals surface area contributed by atoms with Crippen LogP contribution in [0.25, 0.3) is 0 Å². The normalized spacial score (nSPS) is 12.4. The Morgan fingerprint density at radius 2 is 1.75 bits per heavy atom. The van der Waals surface area contributed by atoms with Crippen LogP contribution in [0.1, 0.15) is 51.9 Å². The third-order valence-electron chi connectivity index (χ3n) is 1.99. The summed E-state index contributed by atoms with van der Waals surface area (Å²) in [6.45, 7) is 2.19. The van der Waals surface area contributed by atoms with Gasteiger partial charge in [0.25, 0.3) is 0 Å². The van der Waals surface area contributed by atoms with E-state index in [0.717, 1.165) is 12.8 Å². The molecule has 70 valence electrons. The second-order valence-corrected chi connectivity index (χ2v) is 3.19. The Labute approximate surface area is 75.6 Å². The molecule has 0 radical (unpaired) electrons. The fourth-order valence-corrected chi connectivity index (χ4v) is 1.19. The minimum absolute atomic E-state index is 0.544. The third-order valence-corrected chi connectivity index (χ3v) is 1.99. The van der Waals surface area contributed by atoms with E-state index >= 15 is 0 Å². The van der Waals surface area contributed by atoms with E-state index in [-0.39, 0.29) is 0 Å². The maximum Gasteiger partial charge on any atom is 0.160 e. The molecule has 0 bridgehead atoms. The molecule has 0 aliphatic carbocycles. The zero-order chi connectivity index (χ0) is 9.23. The Kier molecular flexibility index (Phi) is 8.22. The SMILES string of the molecule is C#C[C@@H](F)CCCCCCCC. The van der Waals surface area contributed by atoms with Crippen molar-refractivity contribution >= 4 is 0 Å². The number of rotatable bonds is 7. The van der Waals surface area contributed by atoms with Gasteiger partial charge in [-0.15, -0.1) is 6.42 Å². The summed E-state index contributed by atoms with van der Waals surface area (Å²) < 4.78 is 12.5. The van der Waals surface area contributed by atoms with Crippen molar-refractivity contribution in [2.45, 2.75) is 58.0 Å². The number of hydrogen-bond acceptors (Lipinski definition) is 0. The number of unbranched alkanes of at least 4 members (excludes halogenated alkanes) is 5. The molecule has 0 aromatic carbocycles. The molecule has 0 heterocycles. The molecule has 1 atom stereocenters. The highest BCUT2D eigenvalue weighted by molar-refractivity contribution is 4.93. The fourth-order valence-electron chi connectivity index (χ4n) is 1.19. The van der Waals surface area contributed by atoms with Crippen molar-refractivity contribution in [3.63, 3.8) is 0 Å². The van der Waals surface area contributed by atoms with Crippen molar-refractivity contribution in [2.75, 3.05) is 0 Å². The van der Waals surface area contributed by atoms with Crippen molar-refractivity contribution in [3.05, 3.63) is 0 Å². The van der Waals surface area contributed by atoms with Gasteiger partial charge >= 0.3 is 0 Å². The molecular weight excluding hydrogens is 151 g/mol. The summed E-state index contributed by atoms with van der Waals surface area (Å²) >= 11 is 0. The zero-order valence-corrected chi connectivity index (χ0v) is 7.98. The summed E-state index contributed by atoms with van der Waals surface area (Å²) in [5.41, 5.74) is 0. The Balaban J connectivity index is 2.96. The molecule has 0 aromatic heterocycles. The van der Waals surface area contributed by atoms with E-state index in [1.54, 1.807) is 0 Å². The molecule has 0 aromatic rings. The molecule has 0 fully saturated rings. The second kappa shape index (κ2) is 8.59. The fraction of sp³-hybridized carbons (Fsp3) is 0.818. The summed E-state index contributed by atoms with van der Waals surface area (Å²) in [6.07, 6.45) is 11.6. The maximum absolute atomic E-state index is 12.5. The summed E-state index contributed by atoms with van der Waals surface area (Å²) in [6, 6.07) is 0. The van der Waals surface area contributed by atoms with Gasteiger partial charge in [0.15, 0.2) is 6.17 Å². The van der Waals surface area contributed by atoms with Gasteiger partial charge in [-0.3, -0.25) is 0 Å². The second-order valence-electron chi connectivity index (χ2n) is 3.19. The molecule has 0 N–H and O–H groups in total. The summed E-state index contributed by atoms with van der Waals surface area (Å²) in [5.74, 6) is 2.10. The van der Waals surface area contributed by atoms with Gasteiger partial charge in [-0.25, -0.2) is 4.39 Å². The number of terminal acetylenes is 1. The standard InChI is InChI=1S/C11H19F/c1-3-5-6-7-8-9-10-11(12)4-2/h2,11H,3,5-10H2,1H3/t11-/m1/s1. The van der Waals surface area contributed by atoms with E-state index in [1.807, 2.05) is 0 Å². The lowest BCUT2D eigenvalue weighted by Gasteiger charge is -2.00. The molecule has 0 unspecified atom stereocenters. The van der Waals surface area contributed by atoms with Crippen LogP contribution in [0, 0.1) is 12.3 Å². The van der Waals surface area contributed by atoms with Crippen molar-refractivity contribution in [1.82, 2.24) is 0 Å². The minimum Gasteiger partial charge on any atom is -0.233 e. The van der Waals surface area contributed by atoms with Gasteiger partial charge in [-0.05, 0) is 12.8 Å². The van der Waals surface area contributed by atoms with Crippen molar-refractivity contribution in [1.29, 1.82) is 0 Å². The van der Waals surface area contributed by atoms with Crippen LogP contribution in [0.2, 0.25) is 0 Å². The van der Waals surface area contributed by atoms with E-state index in [9.17, 15) is 4.39 Å². The average Bonchev–Trinajstić information content (AvgIpc) is 2.10. The molecule has 0 amide bonds. The highest BCUT2D eigenvalue weighted by Gasteiger charge is 1.99. The highest BCUT2D eigenvalue weighted by Crippen LogP contribution is 2.09. The lowest BCUT2D eigenvalue weighted by Crippen LogP contribution is -1.94. The summed E-state index contributed by atoms with van der Waals surface area (Å²) in [7, 11) is 0. The Hall–Kier alpha value is -0.510. The number of hydrogen-bond donors (Lipinski definition) is 0. The van der Waals surface area contributed by atoms with Gasteiger partial charge in [0, 0.05) is 0 Å². The monoisotopic (exact) mass is 170 g/mol. The van der Waals surface area contributed by atoms with Crippen molar-refractivity contribution in [2.24, 2.45) is 0 Å². The summed E-state index contributed by atoms with van der Waals surface area (Å²) in [5, 5.41) is 0. The van der Waals surface area contributed by atoms with Gasteiger partial charge in [0.2, 0.25) is 0 Å². The Morgan fingerprint density at radius 1 is 1.17 bits per heavy atom. The molecule has 0 spiro atoms. The Bertz CT molecular complexity index is 123. The molecule has 0 nitrogen and oxygen atoms in total. The van der Waals surface area contributed by atoms with Crippen LogP contribution in [-0.4, -0.2) is 6.17 Å². The molecule has 0 rings (SSSR count). The van der Waals surface area contributed by atoms with Gasteiger partial charge in [0.1, 0.15) is 0 Å². The first-order chi connectivity index (χ1) is 5.81. The van der Waals surface area contributed by atoms with E-state index in [0.29, 0.717) is 6.42 Å². The van der Waals surface area contributed by atoms with Crippen LogP contribution in [0.5, 0.6) is 0 Å². The van der Waals surface area contributed by atoms with Gasteiger partial charge in [0.05, 0.1) is 0 Å². The smallest absolute Gasteiger partial charge is 0.160 e. The van der Waals surface area contributed by atoms with E-state index < -0.39 is 6.17 Å². The zero-order valence-electron chi connectivity index (χ0n) is 7.98. The predicted molar refractivity (Wildman–Crippen MR) is 51.7 cm³/mol. The van der Waals surface area contributed by atoms with Crippen LogP contribution in [0.3, 0.4) is 0 Å². The van der Waals surface area contributed by atoms with E-state index in [1.165, 1.54) is 25.7 Å². The first kappa shape index (κ1) is 11.5. The molecule has 0 saturated heterocycles. The average molecular weight is 170 g/mol. The quantitative estimate of drug-likeness (QED) is 0.403. The van der Waals surface area contributed by atoms with Gasteiger partial charge in [-0.2, -0.15) is 0 Å². The molecule has 1 heteroatoms. The number of halogens is 1. The van der Waals surface area contributed by atoms with E-state index in [4.69, 9.17) is 6.42 Å². The summed E-state index contributed by atoms with van der Waals surface area (Å²) in [4.78, 5) is 0. The third kappa shape index (κ3) is 7.60. The van der Waals surface area contributed by atoms with E-state index in [2.05, 4.69) is 12.8 Å². The maximum atomic E-state index is 12.5. The van der Waals surface area contributed by atoms with Gasteiger partial charge < -0.3 is 0 Å². The molecule has 0 saturated carbocycles. The number of alkyl halides is 1. The van der Waals surface area contributed by atoms with Crippen LogP contribution in [-0.2, 0) is 0 Å². The Morgan fingerprint density at radius 3 is 2.33 bits per heavy atom. The minimum atomic E-state index is -1.02. The molecule has 12 heavy (non-hydrogen) atoms. The van der Waals surface area contributed by atoms with Gasteiger partial charge in [-0.1, -0.05) is 44.9 Å². The largest absolute Gasteiger partial charge is 0.233 e. The molecule has 0 aliphatic heterocycles. The lowest BCUT2D eigenvalue weighted by molar-refractivity contribution is 0.376. The van der Waals surface area contributed by atoms with Crippen LogP contribution in [0.4, 0.5) is 4.39 Å².